The summed E-state index contributed by atoms with van der Waals surface area (Å²) >= 11 is 0. The van der Waals surface area contributed by atoms with Crippen LogP contribution in [-0.4, -0.2) is 37.8 Å². The molecule has 2 heterocycles. The molecule has 142 valence electrons. The van der Waals surface area contributed by atoms with Crippen LogP contribution >= 0.6 is 0 Å². The molecule has 0 saturated carbocycles. The normalized spacial score (nSPS) is 18.7. The molecule has 1 atom stereocenters. The third-order valence-corrected chi connectivity index (χ3v) is 5.01. The van der Waals surface area contributed by atoms with Gasteiger partial charge in [0.1, 0.15) is 5.75 Å². The second kappa shape index (κ2) is 7.78. The Hall–Kier alpha value is -2.89. The Kier molecular flexibility index (Phi) is 5.05. The molecular formula is C21H24N2O4. The Morgan fingerprint density at radius 2 is 1.85 bits per heavy atom. The van der Waals surface area contributed by atoms with Crippen LogP contribution in [0.4, 0.5) is 10.5 Å². The maximum atomic E-state index is 12.9. The lowest BCUT2D eigenvalue weighted by Gasteiger charge is -2.25. The highest BCUT2D eigenvalue weighted by molar-refractivity contribution is 5.90. The number of hydrogen-bond acceptors (Lipinski definition) is 4. The summed E-state index contributed by atoms with van der Waals surface area (Å²) in [5.41, 5.74) is 1.84. The predicted octanol–water partition coefficient (Wildman–Crippen LogP) is 4.23. The highest BCUT2D eigenvalue weighted by Gasteiger charge is 2.30. The molecule has 2 aliphatic heterocycles. The second-order valence-corrected chi connectivity index (χ2v) is 6.77. The molecule has 2 aliphatic rings. The summed E-state index contributed by atoms with van der Waals surface area (Å²) in [5, 5.41) is 3.00. The molecule has 0 spiro atoms. The number of rotatable bonds is 3. The van der Waals surface area contributed by atoms with Crippen molar-refractivity contribution in [3.8, 4) is 17.2 Å². The number of likely N-dealkylation sites (tertiary alicyclic amines) is 1. The van der Waals surface area contributed by atoms with Gasteiger partial charge >= 0.3 is 6.03 Å². The number of methoxy groups -OCH3 is 1. The molecule has 1 unspecified atom stereocenters. The number of nitrogens with one attached hydrogen (secondary N) is 1. The van der Waals surface area contributed by atoms with E-state index in [1.165, 1.54) is 0 Å². The van der Waals surface area contributed by atoms with Crippen molar-refractivity contribution in [2.45, 2.75) is 25.3 Å². The Labute approximate surface area is 159 Å². The minimum Gasteiger partial charge on any atom is -0.497 e. The maximum absolute atomic E-state index is 12.9. The van der Waals surface area contributed by atoms with Gasteiger partial charge in [0.15, 0.2) is 11.5 Å². The van der Waals surface area contributed by atoms with E-state index in [1.807, 2.05) is 47.4 Å². The largest absolute Gasteiger partial charge is 0.497 e. The van der Waals surface area contributed by atoms with Crippen molar-refractivity contribution in [3.63, 3.8) is 0 Å². The smallest absolute Gasteiger partial charge is 0.322 e. The molecule has 0 aromatic heterocycles. The Balaban J connectivity index is 1.47. The Morgan fingerprint density at radius 3 is 2.63 bits per heavy atom. The monoisotopic (exact) mass is 368 g/mol. The summed E-state index contributed by atoms with van der Waals surface area (Å²) in [6.07, 6.45) is 2.81. The van der Waals surface area contributed by atoms with Crippen LogP contribution in [0, 0.1) is 0 Å². The van der Waals surface area contributed by atoms with Gasteiger partial charge in [-0.1, -0.05) is 12.1 Å². The number of urea groups is 1. The minimum absolute atomic E-state index is 0.0799. The number of amides is 2. The zero-order valence-corrected chi connectivity index (χ0v) is 15.4. The first-order valence-corrected chi connectivity index (χ1v) is 9.36. The average molecular weight is 368 g/mol. The molecule has 2 aromatic rings. The molecule has 0 bridgehead atoms. The number of hydrogen-bond donors (Lipinski definition) is 1. The van der Waals surface area contributed by atoms with Crippen LogP contribution in [0.1, 0.15) is 30.9 Å². The summed E-state index contributed by atoms with van der Waals surface area (Å²) in [6.45, 7) is 2.01. The molecular weight excluding hydrogens is 344 g/mol. The third-order valence-electron chi connectivity index (χ3n) is 5.01. The summed E-state index contributed by atoms with van der Waals surface area (Å²) < 4.78 is 16.6. The predicted molar refractivity (Wildman–Crippen MR) is 103 cm³/mol. The van der Waals surface area contributed by atoms with Gasteiger partial charge in [-0.25, -0.2) is 4.79 Å². The van der Waals surface area contributed by atoms with Gasteiger partial charge in [0.05, 0.1) is 26.4 Å². The first kappa shape index (κ1) is 17.5. The van der Waals surface area contributed by atoms with Gasteiger partial charge in [-0.05, 0) is 42.7 Å². The van der Waals surface area contributed by atoms with E-state index in [2.05, 4.69) is 5.32 Å². The SMILES string of the molecule is COc1ccc(C2CCCN2C(=O)Nc2ccc3c(c2)OCCCO3)cc1. The highest BCUT2D eigenvalue weighted by Crippen LogP contribution is 2.35. The van der Waals surface area contributed by atoms with E-state index in [1.54, 1.807) is 7.11 Å². The number of ether oxygens (including phenoxy) is 3. The fourth-order valence-corrected chi connectivity index (χ4v) is 3.62. The van der Waals surface area contributed by atoms with Gasteiger partial charge in [-0.2, -0.15) is 0 Å². The van der Waals surface area contributed by atoms with Gasteiger partial charge in [0, 0.05) is 24.7 Å². The molecule has 27 heavy (non-hydrogen) atoms. The summed E-state index contributed by atoms with van der Waals surface area (Å²) in [5.74, 6) is 2.22. The molecule has 1 fully saturated rings. The highest BCUT2D eigenvalue weighted by atomic mass is 16.5. The number of carbonyl (C=O) groups is 1. The lowest BCUT2D eigenvalue weighted by Crippen LogP contribution is -2.34. The van der Waals surface area contributed by atoms with Crippen molar-refractivity contribution in [1.82, 2.24) is 4.90 Å². The quantitative estimate of drug-likeness (QED) is 0.881. The molecule has 4 rings (SSSR count). The molecule has 1 N–H and O–H groups in total. The molecule has 2 amide bonds. The first-order valence-electron chi connectivity index (χ1n) is 9.36. The summed E-state index contributed by atoms with van der Waals surface area (Å²) in [4.78, 5) is 14.8. The van der Waals surface area contributed by atoms with E-state index in [0.717, 1.165) is 42.9 Å². The number of fused-ring (bicyclic) bond motifs is 1. The second-order valence-electron chi connectivity index (χ2n) is 6.77. The van der Waals surface area contributed by atoms with Crippen molar-refractivity contribution in [1.29, 1.82) is 0 Å². The van der Waals surface area contributed by atoms with E-state index in [4.69, 9.17) is 14.2 Å². The van der Waals surface area contributed by atoms with E-state index >= 15 is 0 Å². The summed E-state index contributed by atoms with van der Waals surface area (Å²) in [7, 11) is 1.65. The topological polar surface area (TPSA) is 60.0 Å². The molecule has 6 heteroatoms. The van der Waals surface area contributed by atoms with E-state index < -0.39 is 0 Å². The van der Waals surface area contributed by atoms with Crippen LogP contribution in [0.3, 0.4) is 0 Å². The number of anilines is 1. The Bertz CT molecular complexity index is 806. The van der Waals surface area contributed by atoms with E-state index in [0.29, 0.717) is 24.7 Å². The molecule has 2 aromatic carbocycles. The van der Waals surface area contributed by atoms with Gasteiger partial charge in [0.25, 0.3) is 0 Å². The van der Waals surface area contributed by atoms with Crippen LogP contribution in [0.5, 0.6) is 17.2 Å². The fourth-order valence-electron chi connectivity index (χ4n) is 3.62. The van der Waals surface area contributed by atoms with Crippen LogP contribution in [0.2, 0.25) is 0 Å². The minimum atomic E-state index is -0.0946. The van der Waals surface area contributed by atoms with Crippen LogP contribution in [-0.2, 0) is 0 Å². The maximum Gasteiger partial charge on any atom is 0.322 e. The van der Waals surface area contributed by atoms with Crippen LogP contribution < -0.4 is 19.5 Å². The van der Waals surface area contributed by atoms with Gasteiger partial charge in [-0.3, -0.25) is 0 Å². The fraction of sp³-hybridized carbons (Fsp3) is 0.381. The van der Waals surface area contributed by atoms with Gasteiger partial charge in [-0.15, -0.1) is 0 Å². The molecule has 1 saturated heterocycles. The Morgan fingerprint density at radius 1 is 1.07 bits per heavy atom. The van der Waals surface area contributed by atoms with Crippen molar-refractivity contribution in [3.05, 3.63) is 48.0 Å². The van der Waals surface area contributed by atoms with Gasteiger partial charge in [0.2, 0.25) is 0 Å². The number of nitrogens with zero attached hydrogens (tertiary/aromatic N) is 1. The molecule has 6 nitrogen and oxygen atoms in total. The third kappa shape index (κ3) is 3.79. The number of carbonyl (C=O) groups excluding carboxylic acids is 1. The van der Waals surface area contributed by atoms with Crippen molar-refractivity contribution < 1.29 is 19.0 Å². The average Bonchev–Trinajstić information content (AvgIpc) is 3.08. The zero-order chi connectivity index (χ0) is 18.6. The standard InChI is InChI=1S/C21H24N2O4/c1-25-17-8-5-15(6-9-17)18-4-2-11-23(18)21(24)22-16-7-10-19-20(14-16)27-13-3-12-26-19/h5-10,14,18H,2-4,11-13H2,1H3,(H,22,24). The van der Waals surface area contributed by atoms with Gasteiger partial charge < -0.3 is 24.4 Å². The zero-order valence-electron chi connectivity index (χ0n) is 15.4. The summed E-state index contributed by atoms with van der Waals surface area (Å²) in [6, 6.07) is 13.5. The van der Waals surface area contributed by atoms with E-state index in [-0.39, 0.29) is 12.1 Å². The molecule has 0 radical (unpaired) electrons. The van der Waals surface area contributed by atoms with E-state index in [9.17, 15) is 4.79 Å². The molecule has 0 aliphatic carbocycles. The van der Waals surface area contributed by atoms with Crippen LogP contribution in [0.25, 0.3) is 0 Å². The number of benzene rings is 2. The lowest BCUT2D eigenvalue weighted by molar-refractivity contribution is 0.207. The van der Waals surface area contributed by atoms with Crippen molar-refractivity contribution in [2.75, 3.05) is 32.2 Å². The van der Waals surface area contributed by atoms with Crippen LogP contribution in [0.15, 0.2) is 42.5 Å². The lowest BCUT2D eigenvalue weighted by atomic mass is 10.0. The first-order chi connectivity index (χ1) is 13.2. The van der Waals surface area contributed by atoms with Crippen molar-refractivity contribution in [2.24, 2.45) is 0 Å². The van der Waals surface area contributed by atoms with Crippen molar-refractivity contribution >= 4 is 11.7 Å².